The van der Waals surface area contributed by atoms with E-state index in [-0.39, 0.29) is 5.91 Å². The predicted molar refractivity (Wildman–Crippen MR) is 102 cm³/mol. The molecule has 6 heteroatoms. The first-order valence-corrected chi connectivity index (χ1v) is 8.51. The van der Waals surface area contributed by atoms with Gasteiger partial charge >= 0.3 is 0 Å². The Bertz CT molecular complexity index is 846. The second kappa shape index (κ2) is 7.72. The number of rotatable bonds is 6. The van der Waals surface area contributed by atoms with Gasteiger partial charge in [-0.25, -0.2) is 0 Å². The maximum Gasteiger partial charge on any atom is 0.265 e. The van der Waals surface area contributed by atoms with Crippen LogP contribution in [0.25, 0.3) is 0 Å². The average Bonchev–Trinajstić information content (AvgIpc) is 3.18. The van der Waals surface area contributed by atoms with Gasteiger partial charge in [0.05, 0.1) is 24.8 Å². The first-order chi connectivity index (χ1) is 12.2. The molecular formula is C19H18N2O3S. The lowest BCUT2D eigenvalue weighted by Crippen LogP contribution is -2.09. The molecule has 2 N–H and O–H groups in total. The van der Waals surface area contributed by atoms with Crippen molar-refractivity contribution in [3.63, 3.8) is 0 Å². The molecule has 0 fully saturated rings. The molecule has 0 aliphatic carbocycles. The summed E-state index contributed by atoms with van der Waals surface area (Å²) in [6.45, 7) is 0. The number of hydrogen-bond acceptors (Lipinski definition) is 5. The highest BCUT2D eigenvalue weighted by Crippen LogP contribution is 2.31. The van der Waals surface area contributed by atoms with Crippen LogP contribution in [0.15, 0.2) is 60.0 Å². The Kier molecular flexibility index (Phi) is 5.20. The fourth-order valence-electron chi connectivity index (χ4n) is 2.30. The molecule has 0 unspecified atom stereocenters. The second-order valence-electron chi connectivity index (χ2n) is 5.20. The third kappa shape index (κ3) is 4.10. The van der Waals surface area contributed by atoms with Gasteiger partial charge in [-0.15, -0.1) is 11.3 Å². The van der Waals surface area contributed by atoms with Gasteiger partial charge in [0, 0.05) is 17.4 Å². The summed E-state index contributed by atoms with van der Waals surface area (Å²) >= 11 is 1.41. The van der Waals surface area contributed by atoms with Crippen molar-refractivity contribution in [2.75, 3.05) is 24.9 Å². The number of methoxy groups -OCH3 is 2. The second-order valence-corrected chi connectivity index (χ2v) is 6.15. The number of thiophene rings is 1. The molecule has 1 heterocycles. The molecule has 0 atom stereocenters. The summed E-state index contributed by atoms with van der Waals surface area (Å²) in [5, 5.41) is 8.04. The largest absolute Gasteiger partial charge is 0.497 e. The average molecular weight is 354 g/mol. The van der Waals surface area contributed by atoms with Crippen LogP contribution in [-0.2, 0) is 0 Å². The zero-order valence-corrected chi connectivity index (χ0v) is 14.7. The van der Waals surface area contributed by atoms with Crippen molar-refractivity contribution in [3.05, 3.63) is 64.9 Å². The van der Waals surface area contributed by atoms with Crippen molar-refractivity contribution in [2.45, 2.75) is 0 Å². The number of amides is 1. The highest BCUT2D eigenvalue weighted by atomic mass is 32.1. The minimum Gasteiger partial charge on any atom is -0.497 e. The fourth-order valence-corrected chi connectivity index (χ4v) is 2.92. The molecule has 3 rings (SSSR count). The van der Waals surface area contributed by atoms with Crippen molar-refractivity contribution in [2.24, 2.45) is 0 Å². The lowest BCUT2D eigenvalue weighted by Gasteiger charge is -2.13. The summed E-state index contributed by atoms with van der Waals surface area (Å²) in [4.78, 5) is 12.7. The molecule has 0 saturated carbocycles. The van der Waals surface area contributed by atoms with Crippen molar-refractivity contribution in [1.29, 1.82) is 0 Å². The third-order valence-electron chi connectivity index (χ3n) is 3.57. The molecule has 0 aliphatic rings. The third-order valence-corrected chi connectivity index (χ3v) is 4.44. The summed E-state index contributed by atoms with van der Waals surface area (Å²) in [6, 6.07) is 16.7. The van der Waals surface area contributed by atoms with E-state index in [1.54, 1.807) is 20.3 Å². The number of carbonyl (C=O) groups excluding carboxylic acids is 1. The molecule has 0 saturated heterocycles. The summed E-state index contributed by atoms with van der Waals surface area (Å²) < 4.78 is 10.6. The van der Waals surface area contributed by atoms with E-state index >= 15 is 0 Å². The number of ether oxygens (including phenoxy) is 2. The zero-order chi connectivity index (χ0) is 17.6. The van der Waals surface area contributed by atoms with Gasteiger partial charge in [-0.05, 0) is 47.8 Å². The first-order valence-electron chi connectivity index (χ1n) is 7.63. The lowest BCUT2D eigenvalue weighted by molar-refractivity contribution is 0.103. The highest BCUT2D eigenvalue weighted by molar-refractivity contribution is 7.12. The number of benzene rings is 2. The fraction of sp³-hybridized carbons (Fsp3) is 0.105. The van der Waals surface area contributed by atoms with Crippen molar-refractivity contribution in [3.8, 4) is 11.5 Å². The molecule has 1 aromatic heterocycles. The Morgan fingerprint density at radius 2 is 1.72 bits per heavy atom. The number of nitrogens with one attached hydrogen (secondary N) is 2. The number of carbonyl (C=O) groups is 1. The summed E-state index contributed by atoms with van der Waals surface area (Å²) in [5.74, 6) is 1.35. The summed E-state index contributed by atoms with van der Waals surface area (Å²) in [6.07, 6.45) is 0. The maximum atomic E-state index is 12.1. The minimum absolute atomic E-state index is 0.106. The van der Waals surface area contributed by atoms with E-state index in [1.165, 1.54) is 11.3 Å². The van der Waals surface area contributed by atoms with Gasteiger partial charge in [-0.3, -0.25) is 4.79 Å². The van der Waals surface area contributed by atoms with Crippen LogP contribution in [0.1, 0.15) is 9.67 Å². The van der Waals surface area contributed by atoms with Gasteiger partial charge in [0.15, 0.2) is 0 Å². The van der Waals surface area contributed by atoms with E-state index in [2.05, 4.69) is 10.6 Å². The van der Waals surface area contributed by atoms with Crippen LogP contribution >= 0.6 is 11.3 Å². The predicted octanol–water partition coefficient (Wildman–Crippen LogP) is 4.76. The van der Waals surface area contributed by atoms with E-state index in [4.69, 9.17) is 9.47 Å². The van der Waals surface area contributed by atoms with Crippen molar-refractivity contribution in [1.82, 2.24) is 0 Å². The monoisotopic (exact) mass is 354 g/mol. The van der Waals surface area contributed by atoms with Crippen molar-refractivity contribution >= 4 is 34.3 Å². The van der Waals surface area contributed by atoms with Crippen LogP contribution in [0.4, 0.5) is 17.1 Å². The first kappa shape index (κ1) is 16.9. The van der Waals surface area contributed by atoms with Crippen LogP contribution < -0.4 is 20.1 Å². The van der Waals surface area contributed by atoms with E-state index in [1.807, 2.05) is 53.9 Å². The smallest absolute Gasteiger partial charge is 0.265 e. The molecule has 0 radical (unpaired) electrons. The Balaban J connectivity index is 1.71. The lowest BCUT2D eigenvalue weighted by atomic mass is 10.2. The van der Waals surface area contributed by atoms with Crippen LogP contribution in [0.5, 0.6) is 11.5 Å². The molecular weight excluding hydrogens is 336 g/mol. The quantitative estimate of drug-likeness (QED) is 0.670. The van der Waals surface area contributed by atoms with Crippen LogP contribution in [0.3, 0.4) is 0 Å². The van der Waals surface area contributed by atoms with Crippen molar-refractivity contribution < 1.29 is 14.3 Å². The molecule has 3 aromatic rings. The van der Waals surface area contributed by atoms with Gasteiger partial charge in [-0.1, -0.05) is 6.07 Å². The van der Waals surface area contributed by atoms with E-state index in [9.17, 15) is 4.79 Å². The molecule has 25 heavy (non-hydrogen) atoms. The topological polar surface area (TPSA) is 59.6 Å². The molecule has 0 bridgehead atoms. The van der Waals surface area contributed by atoms with E-state index in [0.29, 0.717) is 4.88 Å². The number of anilines is 3. The standard InChI is InChI=1S/C19H18N2O3S/c1-23-15-9-10-17(24-2)16(12-15)20-13-5-7-14(8-6-13)21-19(22)18-4-3-11-25-18/h3-12,20H,1-2H3,(H,21,22). The van der Waals surface area contributed by atoms with Gasteiger partial charge in [-0.2, -0.15) is 0 Å². The Hall–Kier alpha value is -2.99. The molecule has 0 spiro atoms. The Morgan fingerprint density at radius 3 is 2.36 bits per heavy atom. The molecule has 5 nitrogen and oxygen atoms in total. The molecule has 0 aliphatic heterocycles. The van der Waals surface area contributed by atoms with Crippen LogP contribution in [0, 0.1) is 0 Å². The SMILES string of the molecule is COc1ccc(OC)c(Nc2ccc(NC(=O)c3cccs3)cc2)c1. The molecule has 1 amide bonds. The van der Waals surface area contributed by atoms with Gasteiger partial charge in [0.2, 0.25) is 0 Å². The van der Waals surface area contributed by atoms with E-state index in [0.717, 1.165) is 28.6 Å². The van der Waals surface area contributed by atoms with Gasteiger partial charge < -0.3 is 20.1 Å². The molecule has 128 valence electrons. The number of hydrogen-bond donors (Lipinski definition) is 2. The maximum absolute atomic E-state index is 12.1. The summed E-state index contributed by atoms with van der Waals surface area (Å²) in [7, 11) is 3.24. The Morgan fingerprint density at radius 1 is 0.960 bits per heavy atom. The normalized spacial score (nSPS) is 10.2. The van der Waals surface area contributed by atoms with Crippen LogP contribution in [-0.4, -0.2) is 20.1 Å². The summed E-state index contributed by atoms with van der Waals surface area (Å²) in [5.41, 5.74) is 2.42. The minimum atomic E-state index is -0.106. The van der Waals surface area contributed by atoms with Crippen LogP contribution in [0.2, 0.25) is 0 Å². The van der Waals surface area contributed by atoms with Gasteiger partial charge in [0.1, 0.15) is 11.5 Å². The van der Waals surface area contributed by atoms with E-state index < -0.39 is 0 Å². The Labute approximate surface area is 150 Å². The highest BCUT2D eigenvalue weighted by Gasteiger charge is 2.08. The zero-order valence-electron chi connectivity index (χ0n) is 13.9. The molecule has 2 aromatic carbocycles. The van der Waals surface area contributed by atoms with Gasteiger partial charge in [0.25, 0.3) is 5.91 Å².